The minimum atomic E-state index is -0.286. The van der Waals surface area contributed by atoms with Crippen LogP contribution in [0.3, 0.4) is 0 Å². The summed E-state index contributed by atoms with van der Waals surface area (Å²) < 4.78 is 21.1. The first-order valence-electron chi connectivity index (χ1n) is 9.85. The number of piperidine rings is 1. The van der Waals surface area contributed by atoms with Crippen LogP contribution in [0.4, 0.5) is 4.39 Å². The number of benzene rings is 1. The van der Waals surface area contributed by atoms with Gasteiger partial charge >= 0.3 is 0 Å². The zero-order chi connectivity index (χ0) is 19.7. The molecule has 9 heteroatoms. The summed E-state index contributed by atoms with van der Waals surface area (Å²) in [6.45, 7) is 6.66. The van der Waals surface area contributed by atoms with Gasteiger partial charge in [0.1, 0.15) is 11.9 Å². The predicted molar refractivity (Wildman–Crippen MR) is 109 cm³/mol. The van der Waals surface area contributed by atoms with E-state index >= 15 is 0 Å². The van der Waals surface area contributed by atoms with Gasteiger partial charge < -0.3 is 15.0 Å². The van der Waals surface area contributed by atoms with E-state index in [2.05, 4.69) is 15.6 Å². The largest absolute Gasteiger partial charge is 0.367 e. The minimum Gasteiger partial charge on any atom is -0.367 e. The fourth-order valence-electron chi connectivity index (χ4n) is 4.07. The van der Waals surface area contributed by atoms with Crippen molar-refractivity contribution in [2.24, 2.45) is 0 Å². The number of carbonyl (C=O) groups is 1. The van der Waals surface area contributed by atoms with Crippen molar-refractivity contribution in [2.45, 2.75) is 44.9 Å². The lowest BCUT2D eigenvalue weighted by atomic mass is 10.1. The number of rotatable bonds is 3. The van der Waals surface area contributed by atoms with E-state index in [9.17, 15) is 9.18 Å². The quantitative estimate of drug-likeness (QED) is 0.821. The first-order chi connectivity index (χ1) is 13.5. The summed E-state index contributed by atoms with van der Waals surface area (Å²) in [5.41, 5.74) is 2.08. The molecular weight excluding hydrogens is 397 g/mol. The van der Waals surface area contributed by atoms with Crippen molar-refractivity contribution < 1.29 is 13.9 Å². The van der Waals surface area contributed by atoms with Gasteiger partial charge in [-0.25, -0.2) is 9.07 Å². The number of hydrogen-bond acceptors (Lipinski definition) is 5. The van der Waals surface area contributed by atoms with E-state index in [0.29, 0.717) is 18.8 Å². The molecule has 1 amide bonds. The molecule has 2 atom stereocenters. The van der Waals surface area contributed by atoms with Crippen LogP contribution in [0, 0.1) is 12.7 Å². The average molecular weight is 424 g/mol. The molecule has 1 aromatic heterocycles. The monoisotopic (exact) mass is 423 g/mol. The molecule has 0 aliphatic carbocycles. The van der Waals surface area contributed by atoms with Gasteiger partial charge in [0.05, 0.1) is 24.4 Å². The Kier molecular flexibility index (Phi) is 6.87. The molecule has 2 fully saturated rings. The number of carbonyl (C=O) groups excluding carboxylic acids is 1. The molecule has 0 saturated carbocycles. The number of hydrogen-bond donors (Lipinski definition) is 1. The van der Waals surface area contributed by atoms with E-state index in [0.717, 1.165) is 37.2 Å². The Morgan fingerprint density at radius 3 is 2.59 bits per heavy atom. The maximum Gasteiger partial charge on any atom is 0.276 e. The van der Waals surface area contributed by atoms with E-state index in [-0.39, 0.29) is 42.4 Å². The third-order valence-electron chi connectivity index (χ3n) is 5.57. The van der Waals surface area contributed by atoms with Crippen molar-refractivity contribution in [1.29, 1.82) is 0 Å². The summed E-state index contributed by atoms with van der Waals surface area (Å²) in [6, 6.07) is 6.53. The van der Waals surface area contributed by atoms with E-state index in [1.807, 2.05) is 18.5 Å². The molecule has 1 aromatic carbocycles. The standard InChI is InChI=1S/C20H26FN5O2.ClH/c1-13-11-25(12-18(28-13)15-3-5-16(21)6-4-15)20(27)19-14(2)26(24-23-19)17-7-9-22-10-8-17;/h3-6,13,17-18,22H,7-12H2,1-2H3;1H. The molecule has 3 heterocycles. The SMILES string of the molecule is Cc1c(C(=O)N2CC(C)OC(c3ccc(F)cc3)C2)nnn1C1CCNCC1.Cl. The summed E-state index contributed by atoms with van der Waals surface area (Å²) in [5.74, 6) is -0.411. The van der Waals surface area contributed by atoms with Crippen LogP contribution in [0.2, 0.25) is 0 Å². The number of aromatic nitrogens is 3. The highest BCUT2D eigenvalue weighted by molar-refractivity contribution is 5.93. The Morgan fingerprint density at radius 2 is 1.90 bits per heavy atom. The highest BCUT2D eigenvalue weighted by Crippen LogP contribution is 2.27. The lowest BCUT2D eigenvalue weighted by Gasteiger charge is -2.36. The molecule has 4 rings (SSSR count). The molecule has 1 N–H and O–H groups in total. The highest BCUT2D eigenvalue weighted by atomic mass is 35.5. The molecule has 7 nitrogen and oxygen atoms in total. The summed E-state index contributed by atoms with van der Waals surface area (Å²) in [5, 5.41) is 11.8. The number of amides is 1. The molecule has 0 radical (unpaired) electrons. The number of nitrogens with one attached hydrogen (secondary N) is 1. The van der Waals surface area contributed by atoms with Gasteiger partial charge in [-0.1, -0.05) is 17.3 Å². The second kappa shape index (κ2) is 9.19. The third kappa shape index (κ3) is 4.60. The van der Waals surface area contributed by atoms with Crippen molar-refractivity contribution in [2.75, 3.05) is 26.2 Å². The minimum absolute atomic E-state index is 0. The van der Waals surface area contributed by atoms with Gasteiger partial charge in [-0.15, -0.1) is 17.5 Å². The lowest BCUT2D eigenvalue weighted by molar-refractivity contribution is -0.0693. The zero-order valence-electron chi connectivity index (χ0n) is 16.7. The molecule has 0 spiro atoms. The molecular formula is C20H27ClFN5O2. The van der Waals surface area contributed by atoms with E-state index in [1.165, 1.54) is 12.1 Å². The van der Waals surface area contributed by atoms with Crippen molar-refractivity contribution in [3.8, 4) is 0 Å². The lowest BCUT2D eigenvalue weighted by Crippen LogP contribution is -2.46. The fraction of sp³-hybridized carbons (Fsp3) is 0.550. The summed E-state index contributed by atoms with van der Waals surface area (Å²) in [7, 11) is 0. The Morgan fingerprint density at radius 1 is 1.21 bits per heavy atom. The summed E-state index contributed by atoms with van der Waals surface area (Å²) >= 11 is 0. The van der Waals surface area contributed by atoms with Crippen molar-refractivity contribution in [3.63, 3.8) is 0 Å². The Hall–Kier alpha value is -2.03. The van der Waals surface area contributed by atoms with E-state index in [4.69, 9.17) is 4.74 Å². The highest BCUT2D eigenvalue weighted by Gasteiger charge is 2.33. The van der Waals surface area contributed by atoms with Crippen molar-refractivity contribution >= 4 is 18.3 Å². The van der Waals surface area contributed by atoms with Crippen LogP contribution in [0.25, 0.3) is 0 Å². The van der Waals surface area contributed by atoms with Crippen molar-refractivity contribution in [1.82, 2.24) is 25.2 Å². The van der Waals surface area contributed by atoms with Gasteiger partial charge in [0.25, 0.3) is 5.91 Å². The smallest absolute Gasteiger partial charge is 0.276 e. The summed E-state index contributed by atoms with van der Waals surface area (Å²) in [4.78, 5) is 14.9. The van der Waals surface area contributed by atoms with Gasteiger partial charge in [-0.2, -0.15) is 0 Å². The predicted octanol–water partition coefficient (Wildman–Crippen LogP) is 2.67. The molecule has 158 valence electrons. The molecule has 2 aliphatic heterocycles. The molecule has 2 aromatic rings. The van der Waals surface area contributed by atoms with Gasteiger partial charge in [-0.3, -0.25) is 4.79 Å². The number of ether oxygens (including phenoxy) is 1. The zero-order valence-corrected chi connectivity index (χ0v) is 17.5. The average Bonchev–Trinajstić information content (AvgIpc) is 3.09. The maximum absolute atomic E-state index is 13.2. The van der Waals surface area contributed by atoms with Crippen LogP contribution in [0.5, 0.6) is 0 Å². The Labute approximate surface area is 176 Å². The van der Waals surface area contributed by atoms with Gasteiger partial charge in [0, 0.05) is 6.54 Å². The Bertz CT molecular complexity index is 838. The maximum atomic E-state index is 13.2. The molecule has 29 heavy (non-hydrogen) atoms. The molecule has 2 unspecified atom stereocenters. The fourth-order valence-corrected chi connectivity index (χ4v) is 4.07. The van der Waals surface area contributed by atoms with Crippen LogP contribution in [-0.2, 0) is 4.74 Å². The first kappa shape index (κ1) is 21.7. The van der Waals surface area contributed by atoms with Crippen LogP contribution in [0.15, 0.2) is 24.3 Å². The molecule has 2 saturated heterocycles. The normalized spacial score (nSPS) is 22.9. The van der Waals surface area contributed by atoms with Gasteiger partial charge in [-0.05, 0) is 57.5 Å². The van der Waals surface area contributed by atoms with Crippen LogP contribution in [0.1, 0.15) is 53.7 Å². The van der Waals surface area contributed by atoms with Gasteiger partial charge in [0.2, 0.25) is 0 Å². The van der Waals surface area contributed by atoms with Crippen LogP contribution >= 0.6 is 12.4 Å². The summed E-state index contributed by atoms with van der Waals surface area (Å²) in [6.07, 6.45) is 1.57. The number of morpholine rings is 1. The Balaban J connectivity index is 0.00000240. The number of nitrogens with zero attached hydrogens (tertiary/aromatic N) is 4. The first-order valence-corrected chi connectivity index (χ1v) is 9.85. The van der Waals surface area contributed by atoms with Crippen LogP contribution < -0.4 is 5.32 Å². The topological polar surface area (TPSA) is 72.3 Å². The van der Waals surface area contributed by atoms with Gasteiger partial charge in [0.15, 0.2) is 5.69 Å². The van der Waals surface area contributed by atoms with Crippen LogP contribution in [-0.4, -0.2) is 58.1 Å². The van der Waals surface area contributed by atoms with E-state index in [1.54, 1.807) is 17.0 Å². The second-order valence-electron chi connectivity index (χ2n) is 7.65. The molecule has 0 bridgehead atoms. The van der Waals surface area contributed by atoms with E-state index < -0.39 is 0 Å². The third-order valence-corrected chi connectivity index (χ3v) is 5.57. The number of halogens is 2. The molecule has 2 aliphatic rings. The second-order valence-corrected chi connectivity index (χ2v) is 7.65. The van der Waals surface area contributed by atoms with Crippen molar-refractivity contribution in [3.05, 3.63) is 47.0 Å².